The van der Waals surface area contributed by atoms with E-state index in [2.05, 4.69) is 21.2 Å². The van der Waals surface area contributed by atoms with Gasteiger partial charge in [-0.1, -0.05) is 75.5 Å². The molecule has 1 amide bonds. The van der Waals surface area contributed by atoms with E-state index in [0.717, 1.165) is 21.2 Å². The summed E-state index contributed by atoms with van der Waals surface area (Å²) in [5.41, 5.74) is 3.31. The van der Waals surface area contributed by atoms with Gasteiger partial charge in [0.2, 0.25) is 0 Å². The monoisotopic (exact) mass is 433 g/mol. The second-order valence-corrected chi connectivity index (χ2v) is 7.21. The van der Waals surface area contributed by atoms with Crippen LogP contribution in [0.4, 0.5) is 0 Å². The molecule has 126 valence electrons. The van der Waals surface area contributed by atoms with E-state index < -0.39 is 0 Å². The number of carbonyl (C=O) groups excluding carboxylic acids is 1. The second kappa shape index (κ2) is 8.05. The molecular formula is C20H14BrCl2NO. The summed E-state index contributed by atoms with van der Waals surface area (Å²) in [5.74, 6) is -0.151. The quantitative estimate of drug-likeness (QED) is 0.508. The number of halogens is 3. The largest absolute Gasteiger partial charge is 0.348 e. The SMILES string of the molecule is O=C(NCc1cc(Cl)cc(Cl)c1)c1ccccc1-c1ccccc1Br. The minimum absolute atomic E-state index is 0.151. The van der Waals surface area contributed by atoms with E-state index in [0.29, 0.717) is 22.2 Å². The Labute approximate surface area is 164 Å². The van der Waals surface area contributed by atoms with Crippen molar-refractivity contribution in [2.45, 2.75) is 6.54 Å². The second-order valence-electron chi connectivity index (χ2n) is 5.49. The van der Waals surface area contributed by atoms with Crippen molar-refractivity contribution in [3.63, 3.8) is 0 Å². The van der Waals surface area contributed by atoms with E-state index in [9.17, 15) is 4.79 Å². The van der Waals surface area contributed by atoms with Crippen LogP contribution in [0.5, 0.6) is 0 Å². The zero-order chi connectivity index (χ0) is 17.8. The molecule has 0 aromatic heterocycles. The van der Waals surface area contributed by atoms with Crippen LogP contribution in [0.15, 0.2) is 71.2 Å². The number of benzene rings is 3. The third-order valence-corrected chi connectivity index (χ3v) is 4.84. The highest BCUT2D eigenvalue weighted by Gasteiger charge is 2.14. The Morgan fingerprint density at radius 1 is 0.880 bits per heavy atom. The van der Waals surface area contributed by atoms with Gasteiger partial charge >= 0.3 is 0 Å². The average molecular weight is 435 g/mol. The summed E-state index contributed by atoms with van der Waals surface area (Å²) in [7, 11) is 0. The predicted molar refractivity (Wildman–Crippen MR) is 107 cm³/mol. The van der Waals surface area contributed by atoms with Crippen LogP contribution in [0.1, 0.15) is 15.9 Å². The van der Waals surface area contributed by atoms with Crippen molar-refractivity contribution in [2.75, 3.05) is 0 Å². The fourth-order valence-corrected chi connectivity index (χ4v) is 3.66. The Hall–Kier alpha value is -1.81. The Morgan fingerprint density at radius 2 is 1.48 bits per heavy atom. The van der Waals surface area contributed by atoms with Gasteiger partial charge in [0.15, 0.2) is 0 Å². The molecule has 0 fully saturated rings. The molecule has 3 aromatic rings. The first-order valence-corrected chi connectivity index (χ1v) is 9.16. The predicted octanol–water partition coefficient (Wildman–Crippen LogP) is 6.35. The average Bonchev–Trinajstić information content (AvgIpc) is 2.59. The smallest absolute Gasteiger partial charge is 0.252 e. The number of amides is 1. The van der Waals surface area contributed by atoms with Crippen LogP contribution in [0.2, 0.25) is 10.0 Å². The molecule has 3 rings (SSSR count). The lowest BCUT2D eigenvalue weighted by atomic mass is 9.99. The van der Waals surface area contributed by atoms with Crippen LogP contribution in [-0.2, 0) is 6.54 Å². The number of hydrogen-bond donors (Lipinski definition) is 1. The zero-order valence-corrected chi connectivity index (χ0v) is 16.2. The van der Waals surface area contributed by atoms with Crippen molar-refractivity contribution in [2.24, 2.45) is 0 Å². The van der Waals surface area contributed by atoms with Gasteiger partial charge in [0, 0.05) is 26.6 Å². The molecule has 0 bridgehead atoms. The maximum Gasteiger partial charge on any atom is 0.252 e. The molecule has 0 saturated heterocycles. The van der Waals surface area contributed by atoms with Crippen LogP contribution in [0.25, 0.3) is 11.1 Å². The van der Waals surface area contributed by atoms with E-state index in [1.807, 2.05) is 48.5 Å². The van der Waals surface area contributed by atoms with Gasteiger partial charge in [-0.3, -0.25) is 4.79 Å². The molecule has 5 heteroatoms. The third-order valence-electron chi connectivity index (χ3n) is 3.71. The summed E-state index contributed by atoms with van der Waals surface area (Å²) >= 11 is 15.6. The number of rotatable bonds is 4. The van der Waals surface area contributed by atoms with Gasteiger partial charge in [-0.05, 0) is 47.0 Å². The Morgan fingerprint density at radius 3 is 2.16 bits per heavy atom. The van der Waals surface area contributed by atoms with Crippen LogP contribution in [0, 0.1) is 0 Å². The van der Waals surface area contributed by atoms with E-state index in [1.165, 1.54) is 0 Å². The van der Waals surface area contributed by atoms with Crippen LogP contribution in [-0.4, -0.2) is 5.91 Å². The normalized spacial score (nSPS) is 10.5. The van der Waals surface area contributed by atoms with Gasteiger partial charge in [0.1, 0.15) is 0 Å². The molecule has 1 N–H and O–H groups in total. The fraction of sp³-hybridized carbons (Fsp3) is 0.0500. The molecule has 0 heterocycles. The van der Waals surface area contributed by atoms with Crippen LogP contribution in [0.3, 0.4) is 0 Å². The van der Waals surface area contributed by atoms with Crippen molar-refractivity contribution in [1.82, 2.24) is 5.32 Å². The number of nitrogens with one attached hydrogen (secondary N) is 1. The third kappa shape index (κ3) is 4.43. The Bertz CT molecular complexity index is 907. The Balaban J connectivity index is 1.85. The highest BCUT2D eigenvalue weighted by Crippen LogP contribution is 2.30. The molecule has 0 unspecified atom stereocenters. The highest BCUT2D eigenvalue weighted by molar-refractivity contribution is 9.10. The van der Waals surface area contributed by atoms with Gasteiger partial charge in [-0.15, -0.1) is 0 Å². The summed E-state index contributed by atoms with van der Waals surface area (Å²) in [6.07, 6.45) is 0. The van der Waals surface area contributed by atoms with Gasteiger partial charge in [-0.2, -0.15) is 0 Å². The van der Waals surface area contributed by atoms with Gasteiger partial charge in [0.05, 0.1) is 0 Å². The lowest BCUT2D eigenvalue weighted by Crippen LogP contribution is -2.23. The molecule has 0 spiro atoms. The van der Waals surface area contributed by atoms with Crippen molar-refractivity contribution < 1.29 is 4.79 Å². The molecule has 3 aromatic carbocycles. The van der Waals surface area contributed by atoms with Gasteiger partial charge in [-0.25, -0.2) is 0 Å². The Kier molecular flexibility index (Phi) is 5.79. The molecule has 0 aliphatic carbocycles. The molecular weight excluding hydrogens is 421 g/mol. The summed E-state index contributed by atoms with van der Waals surface area (Å²) in [4.78, 5) is 12.7. The number of carbonyl (C=O) groups is 1. The molecule has 0 radical (unpaired) electrons. The minimum atomic E-state index is -0.151. The maximum atomic E-state index is 12.7. The highest BCUT2D eigenvalue weighted by atomic mass is 79.9. The van der Waals surface area contributed by atoms with Crippen LogP contribution < -0.4 is 5.32 Å². The van der Waals surface area contributed by atoms with Crippen molar-refractivity contribution in [3.05, 3.63) is 92.4 Å². The molecule has 0 saturated carbocycles. The minimum Gasteiger partial charge on any atom is -0.348 e. The molecule has 0 aliphatic heterocycles. The van der Waals surface area contributed by atoms with E-state index >= 15 is 0 Å². The van der Waals surface area contributed by atoms with Gasteiger partial charge in [0.25, 0.3) is 5.91 Å². The summed E-state index contributed by atoms with van der Waals surface area (Å²) in [6.45, 7) is 0.351. The van der Waals surface area contributed by atoms with Crippen molar-refractivity contribution in [3.8, 4) is 11.1 Å². The van der Waals surface area contributed by atoms with E-state index in [-0.39, 0.29) is 5.91 Å². The first-order valence-electron chi connectivity index (χ1n) is 7.61. The molecule has 0 aliphatic rings. The summed E-state index contributed by atoms with van der Waals surface area (Å²) < 4.78 is 0.942. The first kappa shape index (κ1) is 18.0. The van der Waals surface area contributed by atoms with E-state index in [1.54, 1.807) is 18.2 Å². The summed E-state index contributed by atoms with van der Waals surface area (Å²) in [6, 6.07) is 20.6. The lowest BCUT2D eigenvalue weighted by molar-refractivity contribution is 0.0951. The number of hydrogen-bond acceptors (Lipinski definition) is 1. The summed E-state index contributed by atoms with van der Waals surface area (Å²) in [5, 5.41) is 4.02. The molecule has 2 nitrogen and oxygen atoms in total. The molecule has 0 atom stereocenters. The van der Waals surface area contributed by atoms with Crippen molar-refractivity contribution in [1.29, 1.82) is 0 Å². The maximum absolute atomic E-state index is 12.7. The standard InChI is InChI=1S/C20H14BrCl2NO/c21-19-8-4-3-6-17(19)16-5-1-2-7-18(16)20(25)24-12-13-9-14(22)11-15(23)10-13/h1-11H,12H2,(H,24,25). The van der Waals surface area contributed by atoms with Gasteiger partial charge < -0.3 is 5.32 Å². The van der Waals surface area contributed by atoms with Crippen molar-refractivity contribution >= 4 is 45.0 Å². The fourth-order valence-electron chi connectivity index (χ4n) is 2.59. The van der Waals surface area contributed by atoms with Crippen LogP contribution >= 0.6 is 39.1 Å². The van der Waals surface area contributed by atoms with E-state index in [4.69, 9.17) is 23.2 Å². The zero-order valence-electron chi connectivity index (χ0n) is 13.1. The first-order chi connectivity index (χ1) is 12.0. The lowest BCUT2D eigenvalue weighted by Gasteiger charge is -2.12. The molecule has 25 heavy (non-hydrogen) atoms. The topological polar surface area (TPSA) is 29.1 Å².